The van der Waals surface area contributed by atoms with E-state index in [1.165, 1.54) is 12.8 Å². The maximum absolute atomic E-state index is 4.05. The summed E-state index contributed by atoms with van der Waals surface area (Å²) in [5.41, 5.74) is 0. The third-order valence-electron chi connectivity index (χ3n) is 2.12. The second-order valence-corrected chi connectivity index (χ2v) is 2.95. The Hall–Kier alpha value is -0.610. The molecule has 0 saturated carbocycles. The molecule has 0 radical (unpaired) electrons. The minimum Gasteiger partial charge on any atom is -0.319 e. The van der Waals surface area contributed by atoms with Crippen LogP contribution in [0.3, 0.4) is 0 Å². The zero-order valence-corrected chi connectivity index (χ0v) is 7.84. The lowest BCUT2D eigenvalue weighted by molar-refractivity contribution is 0.577. The van der Waals surface area contributed by atoms with E-state index in [0.29, 0.717) is 6.04 Å². The van der Waals surface area contributed by atoms with Crippen LogP contribution in [0.5, 0.6) is 0 Å². The maximum Gasteiger partial charge on any atom is 0.149 e. The van der Waals surface area contributed by atoms with Gasteiger partial charge in [0, 0.05) is 7.05 Å². The van der Waals surface area contributed by atoms with Gasteiger partial charge in [-0.3, -0.25) is 0 Å². The Morgan fingerprint density at radius 3 is 3.00 bits per heavy atom. The fraction of sp³-hybridized carbons (Fsp3) is 0.714. The third kappa shape index (κ3) is 1.59. The zero-order valence-electron chi connectivity index (χ0n) is 7.03. The molecule has 1 aliphatic rings. The molecule has 0 bridgehead atoms. The topological polar surface area (TPSA) is 42.7 Å². The van der Waals surface area contributed by atoms with Crippen molar-refractivity contribution in [2.24, 2.45) is 7.05 Å². The lowest BCUT2D eigenvalue weighted by Crippen LogP contribution is -2.16. The second-order valence-electron chi connectivity index (χ2n) is 2.95. The van der Waals surface area contributed by atoms with Crippen molar-refractivity contribution in [3.63, 3.8) is 0 Å². The molecule has 4 nitrogen and oxygen atoms in total. The molecule has 5 heteroatoms. The lowest BCUT2D eigenvalue weighted by atomic mass is 10.2. The Morgan fingerprint density at radius 2 is 2.50 bits per heavy atom. The van der Waals surface area contributed by atoms with Gasteiger partial charge in [0.2, 0.25) is 0 Å². The molecule has 1 aliphatic heterocycles. The maximum atomic E-state index is 4.05. The number of halogens is 1. The molecular weight excluding hydrogens is 176 g/mol. The van der Waals surface area contributed by atoms with Gasteiger partial charge in [0.05, 0.1) is 6.04 Å². The van der Waals surface area contributed by atoms with Gasteiger partial charge in [-0.1, -0.05) is 0 Å². The van der Waals surface area contributed by atoms with E-state index < -0.39 is 0 Å². The van der Waals surface area contributed by atoms with Crippen molar-refractivity contribution in [2.75, 3.05) is 6.54 Å². The van der Waals surface area contributed by atoms with Gasteiger partial charge in [0.25, 0.3) is 0 Å². The molecule has 0 amide bonds. The first-order valence-electron chi connectivity index (χ1n) is 3.95. The zero-order chi connectivity index (χ0) is 7.68. The normalized spacial score (nSPS) is 22.2. The molecule has 1 unspecified atom stereocenters. The fourth-order valence-electron chi connectivity index (χ4n) is 1.51. The van der Waals surface area contributed by atoms with Crippen LogP contribution in [-0.4, -0.2) is 21.3 Å². The van der Waals surface area contributed by atoms with Crippen molar-refractivity contribution in [3.8, 4) is 0 Å². The first kappa shape index (κ1) is 9.48. The monoisotopic (exact) mass is 188 g/mol. The van der Waals surface area contributed by atoms with Gasteiger partial charge in [0.15, 0.2) is 0 Å². The predicted octanol–water partition coefficient (Wildman–Crippen LogP) is 0.661. The highest BCUT2D eigenvalue weighted by atomic mass is 35.5. The number of aromatic nitrogens is 3. The van der Waals surface area contributed by atoms with E-state index in [2.05, 4.69) is 15.5 Å². The van der Waals surface area contributed by atoms with Crippen molar-refractivity contribution in [1.82, 2.24) is 20.1 Å². The number of hydrogen-bond acceptors (Lipinski definition) is 3. The number of nitrogens with zero attached hydrogens (tertiary/aromatic N) is 3. The average Bonchev–Trinajstić information content (AvgIpc) is 2.55. The van der Waals surface area contributed by atoms with Gasteiger partial charge in [0.1, 0.15) is 12.2 Å². The van der Waals surface area contributed by atoms with Crippen molar-refractivity contribution in [2.45, 2.75) is 18.9 Å². The molecule has 1 aromatic rings. The minimum atomic E-state index is 0. The van der Waals surface area contributed by atoms with Gasteiger partial charge >= 0.3 is 0 Å². The van der Waals surface area contributed by atoms with Crippen molar-refractivity contribution in [1.29, 1.82) is 0 Å². The Bertz CT molecular complexity index is 241. The summed E-state index contributed by atoms with van der Waals surface area (Å²) in [7, 11) is 1.98. The third-order valence-corrected chi connectivity index (χ3v) is 2.12. The number of rotatable bonds is 1. The molecule has 1 saturated heterocycles. The van der Waals surface area contributed by atoms with Gasteiger partial charge < -0.3 is 9.88 Å². The van der Waals surface area contributed by atoms with E-state index in [4.69, 9.17) is 0 Å². The van der Waals surface area contributed by atoms with Crippen LogP contribution < -0.4 is 5.32 Å². The van der Waals surface area contributed by atoms with Crippen LogP contribution >= 0.6 is 12.4 Å². The van der Waals surface area contributed by atoms with E-state index in [1.807, 2.05) is 11.6 Å². The van der Waals surface area contributed by atoms with Gasteiger partial charge in [-0.05, 0) is 19.4 Å². The van der Waals surface area contributed by atoms with Gasteiger partial charge in [-0.15, -0.1) is 22.6 Å². The molecule has 0 aliphatic carbocycles. The SMILES string of the molecule is Cl.Cn1cnnc1C1CCCN1. The number of aryl methyl sites for hydroxylation is 1. The first-order valence-corrected chi connectivity index (χ1v) is 3.95. The molecular formula is C7H13ClN4. The largest absolute Gasteiger partial charge is 0.319 e. The Kier molecular flexibility index (Phi) is 3.05. The molecule has 68 valence electrons. The van der Waals surface area contributed by atoms with E-state index in [0.717, 1.165) is 12.4 Å². The van der Waals surface area contributed by atoms with E-state index in [9.17, 15) is 0 Å². The van der Waals surface area contributed by atoms with E-state index in [1.54, 1.807) is 6.33 Å². The van der Waals surface area contributed by atoms with Crippen LogP contribution in [0.2, 0.25) is 0 Å². The summed E-state index contributed by atoms with van der Waals surface area (Å²) in [6, 6.07) is 0.433. The van der Waals surface area contributed by atoms with Crippen LogP contribution in [-0.2, 0) is 7.05 Å². The summed E-state index contributed by atoms with van der Waals surface area (Å²) in [4.78, 5) is 0. The minimum absolute atomic E-state index is 0. The van der Waals surface area contributed by atoms with Crippen LogP contribution in [0.25, 0.3) is 0 Å². The van der Waals surface area contributed by atoms with Crippen LogP contribution in [0.1, 0.15) is 24.7 Å². The molecule has 1 fully saturated rings. The van der Waals surface area contributed by atoms with Gasteiger partial charge in [-0.2, -0.15) is 0 Å². The molecule has 0 aromatic carbocycles. The van der Waals surface area contributed by atoms with E-state index >= 15 is 0 Å². The number of hydrogen-bond donors (Lipinski definition) is 1. The Balaban J connectivity index is 0.000000720. The number of nitrogens with one attached hydrogen (secondary N) is 1. The average molecular weight is 189 g/mol. The summed E-state index contributed by atoms with van der Waals surface area (Å²) in [6.45, 7) is 1.11. The predicted molar refractivity (Wildman–Crippen MR) is 48.2 cm³/mol. The van der Waals surface area contributed by atoms with Crippen LogP contribution in [0.4, 0.5) is 0 Å². The standard InChI is InChI=1S/C7H12N4.ClH/c1-11-5-9-10-7(11)6-3-2-4-8-6;/h5-6,8H,2-4H2,1H3;1H. The Labute approximate surface area is 77.8 Å². The summed E-state index contributed by atoms with van der Waals surface area (Å²) in [5.74, 6) is 1.06. The highest BCUT2D eigenvalue weighted by molar-refractivity contribution is 5.85. The van der Waals surface area contributed by atoms with Crippen molar-refractivity contribution in [3.05, 3.63) is 12.2 Å². The van der Waals surface area contributed by atoms with Crippen molar-refractivity contribution >= 4 is 12.4 Å². The molecule has 12 heavy (non-hydrogen) atoms. The van der Waals surface area contributed by atoms with Crippen LogP contribution in [0, 0.1) is 0 Å². The summed E-state index contributed by atoms with van der Waals surface area (Å²) in [5, 5.41) is 11.3. The highest BCUT2D eigenvalue weighted by Gasteiger charge is 2.19. The van der Waals surface area contributed by atoms with Crippen molar-refractivity contribution < 1.29 is 0 Å². The lowest BCUT2D eigenvalue weighted by Gasteiger charge is -2.07. The fourth-order valence-corrected chi connectivity index (χ4v) is 1.51. The highest BCUT2D eigenvalue weighted by Crippen LogP contribution is 2.19. The molecule has 2 rings (SSSR count). The van der Waals surface area contributed by atoms with Gasteiger partial charge in [-0.25, -0.2) is 0 Å². The smallest absolute Gasteiger partial charge is 0.149 e. The molecule has 1 N–H and O–H groups in total. The molecule has 0 spiro atoms. The van der Waals surface area contributed by atoms with E-state index in [-0.39, 0.29) is 12.4 Å². The Morgan fingerprint density at radius 1 is 1.67 bits per heavy atom. The molecule has 1 atom stereocenters. The summed E-state index contributed by atoms with van der Waals surface area (Å²) >= 11 is 0. The first-order chi connectivity index (χ1) is 5.38. The second kappa shape index (κ2) is 3.87. The van der Waals surface area contributed by atoms with Crippen LogP contribution in [0.15, 0.2) is 6.33 Å². The molecule has 2 heterocycles. The molecule has 1 aromatic heterocycles. The quantitative estimate of drug-likeness (QED) is 0.704. The summed E-state index contributed by atoms with van der Waals surface area (Å²) < 4.78 is 1.98. The summed E-state index contributed by atoms with van der Waals surface area (Å²) in [6.07, 6.45) is 4.18.